The molecule has 0 saturated heterocycles. The van der Waals surface area contributed by atoms with Crippen LogP contribution >= 0.6 is 0 Å². The van der Waals surface area contributed by atoms with Crippen LogP contribution < -0.4 is 5.73 Å². The highest BCUT2D eigenvalue weighted by atomic mass is 16.5. The van der Waals surface area contributed by atoms with Crippen LogP contribution in [-0.2, 0) is 14.3 Å². The topological polar surface area (TPSA) is 72.6 Å². The zero-order valence-corrected chi connectivity index (χ0v) is 11.4. The third-order valence-corrected chi connectivity index (χ3v) is 3.39. The van der Waals surface area contributed by atoms with E-state index in [0.29, 0.717) is 19.4 Å². The summed E-state index contributed by atoms with van der Waals surface area (Å²) in [6, 6.07) is 0. The van der Waals surface area contributed by atoms with Crippen LogP contribution in [0.5, 0.6) is 0 Å². The second-order valence-corrected chi connectivity index (χ2v) is 4.63. The molecule has 2 unspecified atom stereocenters. The molecule has 0 aromatic carbocycles. The van der Waals surface area contributed by atoms with Crippen molar-refractivity contribution in [3.63, 3.8) is 0 Å². The number of nitrogens with two attached hydrogens (primary N) is 1. The van der Waals surface area contributed by atoms with E-state index in [1.54, 1.807) is 25.9 Å². The number of likely N-dealkylation sites (N-methyl/N-ethyl adjacent to an activating group) is 1. The molecule has 0 bridgehead atoms. The lowest BCUT2D eigenvalue weighted by Gasteiger charge is -2.39. The summed E-state index contributed by atoms with van der Waals surface area (Å²) in [4.78, 5) is 25.4. The minimum absolute atomic E-state index is 0.0138. The van der Waals surface area contributed by atoms with E-state index in [0.717, 1.165) is 0 Å². The molecule has 0 spiro atoms. The molecule has 0 radical (unpaired) electrons. The molecule has 0 fully saturated rings. The van der Waals surface area contributed by atoms with E-state index in [2.05, 4.69) is 0 Å². The van der Waals surface area contributed by atoms with Crippen molar-refractivity contribution >= 4 is 11.8 Å². The molecule has 0 amide bonds. The Hall–Kier alpha value is -0.940. The van der Waals surface area contributed by atoms with E-state index in [-0.39, 0.29) is 11.8 Å². The number of ketones is 1. The average molecular weight is 244 g/mol. The Balaban J connectivity index is 5.22. The Bertz CT molecular complexity index is 279. The summed E-state index contributed by atoms with van der Waals surface area (Å²) in [7, 11) is 4.88. The van der Waals surface area contributed by atoms with Crippen LogP contribution in [0.1, 0.15) is 26.7 Å². The quantitative estimate of drug-likeness (QED) is 0.657. The van der Waals surface area contributed by atoms with Gasteiger partial charge in [0, 0.05) is 5.92 Å². The van der Waals surface area contributed by atoms with Crippen LogP contribution in [0.15, 0.2) is 0 Å². The molecule has 2 N–H and O–H groups in total. The summed E-state index contributed by atoms with van der Waals surface area (Å²) in [6.45, 7) is 3.75. The number of ether oxygens (including phenoxy) is 1. The first kappa shape index (κ1) is 16.1. The van der Waals surface area contributed by atoms with E-state index in [4.69, 9.17) is 10.5 Å². The lowest BCUT2D eigenvalue weighted by atomic mass is 9.79. The van der Waals surface area contributed by atoms with Gasteiger partial charge < -0.3 is 10.5 Å². The van der Waals surface area contributed by atoms with Crippen molar-refractivity contribution in [2.24, 2.45) is 11.7 Å². The molecular weight excluding hydrogens is 220 g/mol. The Morgan fingerprint density at radius 1 is 1.41 bits per heavy atom. The van der Waals surface area contributed by atoms with Gasteiger partial charge >= 0.3 is 5.97 Å². The van der Waals surface area contributed by atoms with E-state index in [1.165, 1.54) is 14.0 Å². The van der Waals surface area contributed by atoms with Crippen LogP contribution in [0.3, 0.4) is 0 Å². The first-order valence-electron chi connectivity index (χ1n) is 5.78. The number of carbonyl (C=O) groups excluding carboxylic acids is 2. The van der Waals surface area contributed by atoms with Crippen molar-refractivity contribution in [2.75, 3.05) is 27.7 Å². The molecule has 0 aliphatic heterocycles. The highest BCUT2D eigenvalue weighted by Crippen LogP contribution is 2.29. The van der Waals surface area contributed by atoms with Crippen molar-refractivity contribution < 1.29 is 14.3 Å². The third kappa shape index (κ3) is 3.51. The van der Waals surface area contributed by atoms with E-state index in [1.807, 2.05) is 0 Å². The van der Waals surface area contributed by atoms with Gasteiger partial charge in [0.1, 0.15) is 11.3 Å². The van der Waals surface area contributed by atoms with Gasteiger partial charge in [0.15, 0.2) is 0 Å². The average Bonchev–Trinajstić information content (AvgIpc) is 2.27. The molecule has 5 heteroatoms. The van der Waals surface area contributed by atoms with Crippen LogP contribution in [0.4, 0.5) is 0 Å². The van der Waals surface area contributed by atoms with Gasteiger partial charge in [-0.1, -0.05) is 0 Å². The van der Waals surface area contributed by atoms with Gasteiger partial charge in [-0.3, -0.25) is 14.5 Å². The van der Waals surface area contributed by atoms with Crippen molar-refractivity contribution in [3.05, 3.63) is 0 Å². The summed E-state index contributed by atoms with van der Waals surface area (Å²) in [5, 5.41) is 0. The first-order valence-corrected chi connectivity index (χ1v) is 5.78. The third-order valence-electron chi connectivity index (χ3n) is 3.39. The molecule has 0 aromatic rings. The standard InChI is InChI=1S/C12H24N2O3/c1-9(15)10(7-6-8-13)12(2,14(3)4)11(16)17-5/h10H,6-8,13H2,1-5H3. The van der Waals surface area contributed by atoms with Crippen molar-refractivity contribution in [1.29, 1.82) is 0 Å². The number of Topliss-reactive ketones (excluding diaryl/α,β-unsaturated/α-hetero) is 1. The molecule has 0 saturated carbocycles. The fourth-order valence-corrected chi connectivity index (χ4v) is 2.05. The predicted molar refractivity (Wildman–Crippen MR) is 66.6 cm³/mol. The highest BCUT2D eigenvalue weighted by Gasteiger charge is 2.46. The van der Waals surface area contributed by atoms with Crippen LogP contribution in [-0.4, -0.2) is 49.9 Å². The highest BCUT2D eigenvalue weighted by molar-refractivity contribution is 5.90. The lowest BCUT2D eigenvalue weighted by Crippen LogP contribution is -2.56. The summed E-state index contributed by atoms with van der Waals surface area (Å²) in [5.74, 6) is -0.798. The summed E-state index contributed by atoms with van der Waals surface area (Å²) >= 11 is 0. The maximum Gasteiger partial charge on any atom is 0.326 e. The number of methoxy groups -OCH3 is 1. The summed E-state index contributed by atoms with van der Waals surface area (Å²) in [5.41, 5.74) is 4.53. The van der Waals surface area contributed by atoms with Crippen molar-refractivity contribution in [3.8, 4) is 0 Å². The van der Waals surface area contributed by atoms with E-state index >= 15 is 0 Å². The van der Waals surface area contributed by atoms with Crippen molar-refractivity contribution in [1.82, 2.24) is 4.90 Å². The van der Waals surface area contributed by atoms with Gasteiger partial charge in [0.25, 0.3) is 0 Å². The molecule has 0 aliphatic rings. The molecular formula is C12H24N2O3. The molecule has 17 heavy (non-hydrogen) atoms. The molecule has 0 aromatic heterocycles. The molecule has 0 aliphatic carbocycles. The predicted octanol–water partition coefficient (Wildman–Crippen LogP) is 0.424. The fourth-order valence-electron chi connectivity index (χ4n) is 2.05. The van der Waals surface area contributed by atoms with Gasteiger partial charge in [0.2, 0.25) is 0 Å². The number of esters is 1. The first-order chi connectivity index (χ1) is 7.82. The lowest BCUT2D eigenvalue weighted by molar-refractivity contribution is -0.159. The van der Waals surface area contributed by atoms with Gasteiger partial charge in [0.05, 0.1) is 7.11 Å². The number of carbonyl (C=O) groups is 2. The summed E-state index contributed by atoms with van der Waals surface area (Å²) in [6.07, 6.45) is 1.31. The number of hydrogen-bond acceptors (Lipinski definition) is 5. The minimum atomic E-state index is -0.935. The van der Waals surface area contributed by atoms with E-state index in [9.17, 15) is 9.59 Å². The van der Waals surface area contributed by atoms with Gasteiger partial charge in [-0.15, -0.1) is 0 Å². The van der Waals surface area contributed by atoms with E-state index < -0.39 is 11.5 Å². The Kier molecular flexibility index (Phi) is 6.34. The maximum absolute atomic E-state index is 11.9. The SMILES string of the molecule is COC(=O)C(C)(C(CCCN)C(C)=O)N(C)C. The molecule has 0 heterocycles. The number of rotatable bonds is 7. The molecule has 5 nitrogen and oxygen atoms in total. The monoisotopic (exact) mass is 244 g/mol. The second-order valence-electron chi connectivity index (χ2n) is 4.63. The largest absolute Gasteiger partial charge is 0.468 e. The Morgan fingerprint density at radius 2 is 1.94 bits per heavy atom. The van der Waals surface area contributed by atoms with Crippen molar-refractivity contribution in [2.45, 2.75) is 32.2 Å². The van der Waals surface area contributed by atoms with Crippen LogP contribution in [0.2, 0.25) is 0 Å². The zero-order chi connectivity index (χ0) is 13.6. The van der Waals surface area contributed by atoms with Gasteiger partial charge in [-0.2, -0.15) is 0 Å². The smallest absolute Gasteiger partial charge is 0.326 e. The van der Waals surface area contributed by atoms with Gasteiger partial charge in [-0.05, 0) is 47.3 Å². The molecule has 2 atom stereocenters. The fraction of sp³-hybridized carbons (Fsp3) is 0.833. The summed E-state index contributed by atoms with van der Waals surface area (Å²) < 4.78 is 4.82. The number of nitrogens with zero attached hydrogens (tertiary/aromatic N) is 1. The zero-order valence-electron chi connectivity index (χ0n) is 11.4. The maximum atomic E-state index is 11.9. The minimum Gasteiger partial charge on any atom is -0.468 e. The molecule has 0 rings (SSSR count). The second kappa shape index (κ2) is 6.71. The Morgan fingerprint density at radius 3 is 2.24 bits per heavy atom. The Labute approximate surface area is 103 Å². The normalized spacial score (nSPS) is 16.4. The number of hydrogen-bond donors (Lipinski definition) is 1. The van der Waals surface area contributed by atoms with Gasteiger partial charge in [-0.25, -0.2) is 0 Å². The van der Waals surface area contributed by atoms with Crippen LogP contribution in [0, 0.1) is 5.92 Å². The van der Waals surface area contributed by atoms with Crippen LogP contribution in [0.25, 0.3) is 0 Å². The molecule has 100 valence electrons.